The van der Waals surface area contributed by atoms with Crippen molar-refractivity contribution in [1.82, 2.24) is 24.9 Å². The summed E-state index contributed by atoms with van der Waals surface area (Å²) in [4.78, 5) is 21.7. The van der Waals surface area contributed by atoms with E-state index in [4.69, 9.17) is 0 Å². The Hall–Kier alpha value is -2.71. The van der Waals surface area contributed by atoms with Crippen molar-refractivity contribution in [3.05, 3.63) is 39.8 Å². The number of amides is 1. The van der Waals surface area contributed by atoms with Gasteiger partial charge in [-0.15, -0.1) is 0 Å². The van der Waals surface area contributed by atoms with Crippen molar-refractivity contribution in [2.75, 3.05) is 0 Å². The zero-order chi connectivity index (χ0) is 15.4. The summed E-state index contributed by atoms with van der Waals surface area (Å²) in [5, 5.41) is 21.2. The SMILES string of the molecule is Cc1nn(C)cc1CNC(=O)CCn1ccc([N+](=O)[O-])n1. The van der Waals surface area contributed by atoms with Crippen LogP contribution in [-0.2, 0) is 24.9 Å². The van der Waals surface area contributed by atoms with Crippen LogP contribution in [0.5, 0.6) is 0 Å². The van der Waals surface area contributed by atoms with Gasteiger partial charge in [-0.05, 0) is 11.8 Å². The quantitative estimate of drug-likeness (QED) is 0.617. The first-order valence-electron chi connectivity index (χ1n) is 6.39. The number of nitrogens with one attached hydrogen (secondary N) is 1. The Balaban J connectivity index is 1.79. The maximum atomic E-state index is 11.7. The second-order valence-corrected chi connectivity index (χ2v) is 4.63. The maximum Gasteiger partial charge on any atom is 0.389 e. The molecule has 0 aliphatic heterocycles. The Kier molecular flexibility index (Phi) is 4.31. The summed E-state index contributed by atoms with van der Waals surface area (Å²) in [6.07, 6.45) is 3.54. The van der Waals surface area contributed by atoms with Gasteiger partial charge in [-0.2, -0.15) is 9.78 Å². The van der Waals surface area contributed by atoms with Crippen molar-refractivity contribution in [3.8, 4) is 0 Å². The monoisotopic (exact) mass is 292 g/mol. The van der Waals surface area contributed by atoms with Gasteiger partial charge in [-0.25, -0.2) is 0 Å². The standard InChI is InChI=1S/C12H16N6O3/c1-9-10(8-16(2)14-9)7-13-12(19)4-6-17-5-3-11(15-17)18(20)21/h3,5,8H,4,6-7H2,1-2H3,(H,13,19). The van der Waals surface area contributed by atoms with Crippen molar-refractivity contribution in [2.45, 2.75) is 26.4 Å². The summed E-state index contributed by atoms with van der Waals surface area (Å²) in [5.74, 6) is -0.363. The molecule has 2 aromatic rings. The van der Waals surface area contributed by atoms with Crippen molar-refractivity contribution in [3.63, 3.8) is 0 Å². The lowest BCUT2D eigenvalue weighted by Gasteiger charge is -2.03. The number of hydrogen-bond donors (Lipinski definition) is 1. The molecule has 112 valence electrons. The number of hydrogen-bond acceptors (Lipinski definition) is 5. The second-order valence-electron chi connectivity index (χ2n) is 4.63. The summed E-state index contributed by atoms with van der Waals surface area (Å²) in [6, 6.07) is 1.30. The molecule has 0 aromatic carbocycles. The van der Waals surface area contributed by atoms with Crippen LogP contribution in [0.4, 0.5) is 5.82 Å². The van der Waals surface area contributed by atoms with Gasteiger partial charge in [0.15, 0.2) is 0 Å². The maximum absolute atomic E-state index is 11.7. The van der Waals surface area contributed by atoms with E-state index in [1.807, 2.05) is 20.2 Å². The minimum atomic E-state index is -0.568. The van der Waals surface area contributed by atoms with Crippen LogP contribution in [-0.4, -0.2) is 30.4 Å². The number of nitrogens with zero attached hydrogens (tertiary/aromatic N) is 5. The number of rotatable bonds is 6. The lowest BCUT2D eigenvalue weighted by molar-refractivity contribution is -0.389. The van der Waals surface area contributed by atoms with Gasteiger partial charge in [-0.3, -0.25) is 9.48 Å². The average molecular weight is 292 g/mol. The third-order valence-corrected chi connectivity index (χ3v) is 2.97. The van der Waals surface area contributed by atoms with E-state index in [0.717, 1.165) is 11.3 Å². The van der Waals surface area contributed by atoms with Gasteiger partial charge in [0.05, 0.1) is 29.6 Å². The van der Waals surface area contributed by atoms with Crippen LogP contribution in [0, 0.1) is 17.0 Å². The molecule has 0 bridgehead atoms. The van der Waals surface area contributed by atoms with E-state index >= 15 is 0 Å². The molecule has 0 radical (unpaired) electrons. The molecule has 0 aliphatic rings. The fourth-order valence-electron chi connectivity index (χ4n) is 1.89. The van der Waals surface area contributed by atoms with E-state index in [1.165, 1.54) is 16.9 Å². The molecule has 2 rings (SSSR count). The molecule has 0 saturated carbocycles. The summed E-state index contributed by atoms with van der Waals surface area (Å²) in [5.41, 5.74) is 1.83. The van der Waals surface area contributed by atoms with Crippen LogP contribution in [0.3, 0.4) is 0 Å². The molecule has 0 atom stereocenters. The van der Waals surface area contributed by atoms with Crippen molar-refractivity contribution < 1.29 is 9.72 Å². The van der Waals surface area contributed by atoms with Gasteiger partial charge in [0, 0.05) is 31.8 Å². The first kappa shape index (κ1) is 14.7. The number of carbonyl (C=O) groups is 1. The summed E-state index contributed by atoms with van der Waals surface area (Å²) in [7, 11) is 1.82. The van der Waals surface area contributed by atoms with Crippen LogP contribution in [0.2, 0.25) is 0 Å². The molecule has 0 aliphatic carbocycles. The predicted molar refractivity (Wildman–Crippen MR) is 73.3 cm³/mol. The zero-order valence-electron chi connectivity index (χ0n) is 11.8. The van der Waals surface area contributed by atoms with E-state index in [-0.39, 0.29) is 18.1 Å². The van der Waals surface area contributed by atoms with Gasteiger partial charge < -0.3 is 15.4 Å². The summed E-state index contributed by atoms with van der Waals surface area (Å²) >= 11 is 0. The highest BCUT2D eigenvalue weighted by atomic mass is 16.6. The molecule has 0 fully saturated rings. The van der Waals surface area contributed by atoms with E-state index in [0.29, 0.717) is 13.1 Å². The molecule has 2 aromatic heterocycles. The molecule has 0 spiro atoms. The lowest BCUT2D eigenvalue weighted by Crippen LogP contribution is -2.24. The normalized spacial score (nSPS) is 10.6. The highest BCUT2D eigenvalue weighted by Gasteiger charge is 2.12. The fourth-order valence-corrected chi connectivity index (χ4v) is 1.89. The van der Waals surface area contributed by atoms with Crippen molar-refractivity contribution in [1.29, 1.82) is 0 Å². The van der Waals surface area contributed by atoms with Gasteiger partial charge in [0.2, 0.25) is 5.91 Å². The van der Waals surface area contributed by atoms with E-state index in [9.17, 15) is 14.9 Å². The van der Waals surface area contributed by atoms with Crippen molar-refractivity contribution >= 4 is 11.7 Å². The van der Waals surface area contributed by atoms with Crippen LogP contribution in [0.1, 0.15) is 17.7 Å². The molecule has 0 unspecified atom stereocenters. The minimum Gasteiger partial charge on any atom is -0.358 e. The topological polar surface area (TPSA) is 108 Å². The number of aromatic nitrogens is 4. The number of aryl methyl sites for hydroxylation is 3. The van der Waals surface area contributed by atoms with Crippen LogP contribution in [0.15, 0.2) is 18.5 Å². The third-order valence-electron chi connectivity index (χ3n) is 2.97. The van der Waals surface area contributed by atoms with Crippen molar-refractivity contribution in [2.24, 2.45) is 7.05 Å². The Morgan fingerprint density at radius 1 is 1.48 bits per heavy atom. The van der Waals surface area contributed by atoms with E-state index in [2.05, 4.69) is 15.5 Å². The van der Waals surface area contributed by atoms with Crippen LogP contribution in [0.25, 0.3) is 0 Å². The highest BCUT2D eigenvalue weighted by molar-refractivity contribution is 5.75. The van der Waals surface area contributed by atoms with Crippen LogP contribution < -0.4 is 5.32 Å². The predicted octanol–water partition coefficient (Wildman–Crippen LogP) is 0.540. The molecule has 2 heterocycles. The third kappa shape index (κ3) is 3.88. The van der Waals surface area contributed by atoms with E-state index in [1.54, 1.807) is 4.68 Å². The number of nitro groups is 1. The van der Waals surface area contributed by atoms with Gasteiger partial charge in [0.1, 0.15) is 0 Å². The first-order valence-corrected chi connectivity index (χ1v) is 6.39. The molecule has 9 nitrogen and oxygen atoms in total. The Morgan fingerprint density at radius 2 is 2.24 bits per heavy atom. The average Bonchev–Trinajstić information content (AvgIpc) is 3.01. The van der Waals surface area contributed by atoms with Gasteiger partial charge in [-0.1, -0.05) is 0 Å². The molecule has 0 saturated heterocycles. The number of carbonyl (C=O) groups excluding carboxylic acids is 1. The largest absolute Gasteiger partial charge is 0.389 e. The molecular formula is C12H16N6O3. The summed E-state index contributed by atoms with van der Waals surface area (Å²) < 4.78 is 3.08. The van der Waals surface area contributed by atoms with Gasteiger partial charge in [0.25, 0.3) is 0 Å². The molecule has 9 heteroatoms. The fraction of sp³-hybridized carbons (Fsp3) is 0.417. The minimum absolute atomic E-state index is 0.142. The molecule has 1 N–H and O–H groups in total. The highest BCUT2D eigenvalue weighted by Crippen LogP contribution is 2.06. The molecular weight excluding hydrogens is 276 g/mol. The van der Waals surface area contributed by atoms with Gasteiger partial charge >= 0.3 is 5.82 Å². The molecule has 21 heavy (non-hydrogen) atoms. The molecule has 1 amide bonds. The van der Waals surface area contributed by atoms with E-state index < -0.39 is 4.92 Å². The second kappa shape index (κ2) is 6.16. The zero-order valence-corrected chi connectivity index (χ0v) is 11.8. The van der Waals surface area contributed by atoms with Crippen LogP contribution >= 0.6 is 0 Å². The summed E-state index contributed by atoms with van der Waals surface area (Å²) in [6.45, 7) is 2.59. The Labute approximate surface area is 120 Å². The lowest BCUT2D eigenvalue weighted by atomic mass is 10.2. The smallest absolute Gasteiger partial charge is 0.358 e. The Bertz CT molecular complexity index is 660. The first-order chi connectivity index (χ1) is 9.95. The Morgan fingerprint density at radius 3 is 2.81 bits per heavy atom.